The molecule has 1 aliphatic heterocycles. The fourth-order valence-electron chi connectivity index (χ4n) is 3.30. The van der Waals surface area contributed by atoms with Crippen molar-refractivity contribution in [2.24, 2.45) is 17.3 Å². The van der Waals surface area contributed by atoms with Crippen LogP contribution in [0.5, 0.6) is 0 Å². The molecule has 3 rings (SSSR count). The molecule has 0 aromatic carbocycles. The van der Waals surface area contributed by atoms with E-state index < -0.39 is 9.92 Å². The maximum Gasteiger partial charge on any atom is 0.272 e. The van der Waals surface area contributed by atoms with E-state index in [0.717, 1.165) is 12.0 Å². The van der Waals surface area contributed by atoms with E-state index in [1.807, 2.05) is 0 Å². The van der Waals surface area contributed by atoms with Crippen molar-refractivity contribution >= 4 is 21.5 Å². The summed E-state index contributed by atoms with van der Waals surface area (Å²) < 4.78 is 22.6. The SMILES string of the molecule is CN=S1(=O)N[C@@H](C(C)C)CCc2c1cn(C)c2C(=O)Nc1ccncc1. The van der Waals surface area contributed by atoms with E-state index in [1.54, 1.807) is 49.4 Å². The minimum absolute atomic E-state index is 0.0833. The van der Waals surface area contributed by atoms with Crippen molar-refractivity contribution in [1.29, 1.82) is 0 Å². The quantitative estimate of drug-likeness (QED) is 0.864. The Bertz CT molecular complexity index is 927. The van der Waals surface area contributed by atoms with Gasteiger partial charge in [0.2, 0.25) is 0 Å². The highest BCUT2D eigenvalue weighted by molar-refractivity contribution is 7.91. The summed E-state index contributed by atoms with van der Waals surface area (Å²) in [5, 5.41) is 2.89. The Balaban J connectivity index is 2.04. The molecule has 2 atom stereocenters. The summed E-state index contributed by atoms with van der Waals surface area (Å²) in [6.45, 7) is 4.19. The highest BCUT2D eigenvalue weighted by Gasteiger charge is 2.32. The molecule has 140 valence electrons. The number of aromatic nitrogens is 2. The Hall–Kier alpha value is -2.19. The molecule has 1 aliphatic rings. The Morgan fingerprint density at radius 1 is 1.42 bits per heavy atom. The summed E-state index contributed by atoms with van der Waals surface area (Å²) >= 11 is 0. The Labute approximate surface area is 154 Å². The molecular weight excluding hydrogens is 350 g/mol. The first-order chi connectivity index (χ1) is 12.4. The van der Waals surface area contributed by atoms with Gasteiger partial charge in [-0.1, -0.05) is 13.8 Å². The second-order valence-electron chi connectivity index (χ2n) is 6.84. The second-order valence-corrected chi connectivity index (χ2v) is 8.93. The van der Waals surface area contributed by atoms with Gasteiger partial charge in [-0.05, 0) is 30.9 Å². The molecule has 0 aliphatic carbocycles. The van der Waals surface area contributed by atoms with Gasteiger partial charge in [-0.3, -0.25) is 9.78 Å². The van der Waals surface area contributed by atoms with Crippen LogP contribution in [0.2, 0.25) is 0 Å². The molecule has 0 bridgehead atoms. The van der Waals surface area contributed by atoms with Gasteiger partial charge in [-0.15, -0.1) is 0 Å². The topological polar surface area (TPSA) is 88.4 Å². The predicted molar refractivity (Wildman–Crippen MR) is 102 cm³/mol. The highest BCUT2D eigenvalue weighted by atomic mass is 32.2. The number of hydrogen-bond donors (Lipinski definition) is 2. The van der Waals surface area contributed by atoms with Crippen LogP contribution in [0.4, 0.5) is 5.69 Å². The molecule has 8 heteroatoms. The molecule has 0 spiro atoms. The molecule has 0 fully saturated rings. The minimum Gasteiger partial charge on any atom is -0.345 e. The van der Waals surface area contributed by atoms with Gasteiger partial charge < -0.3 is 9.88 Å². The average Bonchev–Trinajstić information content (AvgIpc) is 2.88. The zero-order valence-electron chi connectivity index (χ0n) is 15.5. The first-order valence-electron chi connectivity index (χ1n) is 8.68. The van der Waals surface area contributed by atoms with Crippen LogP contribution >= 0.6 is 0 Å². The number of carbonyl (C=O) groups is 1. The number of fused-ring (bicyclic) bond motifs is 1. The molecule has 1 amide bonds. The lowest BCUT2D eigenvalue weighted by Crippen LogP contribution is -2.37. The molecule has 0 radical (unpaired) electrons. The number of amides is 1. The summed E-state index contributed by atoms with van der Waals surface area (Å²) in [5.74, 6) is 0.102. The van der Waals surface area contributed by atoms with E-state index >= 15 is 0 Å². The first-order valence-corrected chi connectivity index (χ1v) is 10.2. The number of hydrogen-bond acceptors (Lipinski definition) is 4. The van der Waals surface area contributed by atoms with Crippen LogP contribution in [0, 0.1) is 5.92 Å². The average molecular weight is 375 g/mol. The fourth-order valence-corrected chi connectivity index (χ4v) is 5.36. The van der Waals surface area contributed by atoms with E-state index in [2.05, 4.69) is 33.2 Å². The number of aryl methyl sites for hydroxylation is 1. The molecule has 2 aromatic heterocycles. The summed E-state index contributed by atoms with van der Waals surface area (Å²) in [6, 6.07) is 3.56. The third-order valence-corrected chi connectivity index (χ3v) is 6.86. The van der Waals surface area contributed by atoms with Crippen molar-refractivity contribution in [1.82, 2.24) is 14.3 Å². The number of carbonyl (C=O) groups excluding carboxylic acids is 1. The largest absolute Gasteiger partial charge is 0.345 e. The van der Waals surface area contributed by atoms with E-state index in [4.69, 9.17) is 0 Å². The lowest BCUT2D eigenvalue weighted by Gasteiger charge is -2.21. The molecule has 3 heterocycles. The van der Waals surface area contributed by atoms with Crippen LogP contribution in [0.25, 0.3) is 0 Å². The van der Waals surface area contributed by atoms with Crippen molar-refractivity contribution in [3.05, 3.63) is 42.0 Å². The highest BCUT2D eigenvalue weighted by Crippen LogP contribution is 2.30. The number of pyridine rings is 1. The van der Waals surface area contributed by atoms with Crippen molar-refractivity contribution in [2.75, 3.05) is 12.4 Å². The minimum atomic E-state index is -2.76. The van der Waals surface area contributed by atoms with Gasteiger partial charge in [0.15, 0.2) is 0 Å². The maximum atomic E-state index is 13.4. The van der Waals surface area contributed by atoms with E-state index in [1.165, 1.54) is 0 Å². The molecule has 0 saturated carbocycles. The second kappa shape index (κ2) is 7.20. The smallest absolute Gasteiger partial charge is 0.272 e. The van der Waals surface area contributed by atoms with Crippen LogP contribution in [0.1, 0.15) is 36.3 Å². The van der Waals surface area contributed by atoms with Gasteiger partial charge >= 0.3 is 0 Å². The zero-order chi connectivity index (χ0) is 18.9. The van der Waals surface area contributed by atoms with Crippen molar-refractivity contribution in [2.45, 2.75) is 37.6 Å². The lowest BCUT2D eigenvalue weighted by molar-refractivity contribution is 0.101. The van der Waals surface area contributed by atoms with Crippen molar-refractivity contribution in [3.63, 3.8) is 0 Å². The normalized spacial score (nSPS) is 22.6. The Morgan fingerprint density at radius 3 is 2.73 bits per heavy atom. The number of nitrogens with zero attached hydrogens (tertiary/aromatic N) is 3. The predicted octanol–water partition coefficient (Wildman–Crippen LogP) is 2.60. The van der Waals surface area contributed by atoms with E-state index in [0.29, 0.717) is 28.6 Å². The zero-order valence-corrected chi connectivity index (χ0v) is 16.3. The standard InChI is InChI=1S/C18H25N5O2S/c1-12(2)15-6-5-14-16(26(25,19-3)22-15)11-23(4)17(14)18(24)21-13-7-9-20-10-8-13/h7-12,15H,5-6H2,1-4H3,(H,19,22,25)(H,20,21,24)/t15-,26?/m1/s1. The van der Waals surface area contributed by atoms with Gasteiger partial charge in [-0.2, -0.15) is 0 Å². The van der Waals surface area contributed by atoms with E-state index in [-0.39, 0.29) is 11.9 Å². The molecule has 26 heavy (non-hydrogen) atoms. The summed E-state index contributed by atoms with van der Waals surface area (Å²) in [6.07, 6.45) is 6.50. The fraction of sp³-hybridized carbons (Fsp3) is 0.444. The third kappa shape index (κ3) is 3.39. The molecule has 0 saturated heterocycles. The van der Waals surface area contributed by atoms with Gasteiger partial charge in [0.25, 0.3) is 5.91 Å². The third-order valence-electron chi connectivity index (χ3n) is 4.78. The number of rotatable bonds is 3. The van der Waals surface area contributed by atoms with Crippen LogP contribution < -0.4 is 10.0 Å². The first kappa shape index (κ1) is 18.6. The summed E-state index contributed by atoms with van der Waals surface area (Å²) in [4.78, 5) is 17.5. The summed E-state index contributed by atoms with van der Waals surface area (Å²) in [5.41, 5.74) is 2.01. The number of anilines is 1. The van der Waals surface area contributed by atoms with Crippen LogP contribution in [-0.4, -0.2) is 32.8 Å². The van der Waals surface area contributed by atoms with Crippen LogP contribution in [0.3, 0.4) is 0 Å². The van der Waals surface area contributed by atoms with Crippen molar-refractivity contribution in [3.8, 4) is 0 Å². The molecule has 2 N–H and O–H groups in total. The Kier molecular flexibility index (Phi) is 5.15. The molecule has 2 aromatic rings. The van der Waals surface area contributed by atoms with Gasteiger partial charge in [-0.25, -0.2) is 13.3 Å². The van der Waals surface area contributed by atoms with Crippen molar-refractivity contribution < 1.29 is 9.00 Å². The van der Waals surface area contributed by atoms with Gasteiger partial charge in [0, 0.05) is 50.0 Å². The number of nitrogens with one attached hydrogen (secondary N) is 2. The molecule has 1 unspecified atom stereocenters. The summed E-state index contributed by atoms with van der Waals surface area (Å²) in [7, 11) is 0.596. The monoisotopic (exact) mass is 375 g/mol. The molecular formula is C18H25N5O2S. The van der Waals surface area contributed by atoms with E-state index in [9.17, 15) is 9.00 Å². The lowest BCUT2D eigenvalue weighted by atomic mass is 9.97. The Morgan fingerprint density at radius 2 is 2.12 bits per heavy atom. The molecule has 7 nitrogen and oxygen atoms in total. The van der Waals surface area contributed by atoms with Crippen LogP contribution in [-0.2, 0) is 23.4 Å². The van der Waals surface area contributed by atoms with Crippen LogP contribution in [0.15, 0.2) is 40.0 Å². The van der Waals surface area contributed by atoms with Gasteiger partial charge in [0.05, 0.1) is 4.90 Å². The van der Waals surface area contributed by atoms with Gasteiger partial charge in [0.1, 0.15) is 15.6 Å². The maximum absolute atomic E-state index is 13.4.